The highest BCUT2D eigenvalue weighted by Gasteiger charge is 2.39. The monoisotopic (exact) mass is 292 g/mol. The molecule has 1 aliphatic carbocycles. The summed E-state index contributed by atoms with van der Waals surface area (Å²) in [6.07, 6.45) is -0.763. The van der Waals surface area contributed by atoms with Gasteiger partial charge in [-0.15, -0.1) is 0 Å². The molecule has 1 N–H and O–H groups in total. The van der Waals surface area contributed by atoms with Crippen molar-refractivity contribution in [1.82, 2.24) is 10.2 Å². The number of halogens is 3. The van der Waals surface area contributed by atoms with Crippen LogP contribution in [-0.2, 0) is 0 Å². The summed E-state index contributed by atoms with van der Waals surface area (Å²) >= 11 is 0. The van der Waals surface area contributed by atoms with Crippen LogP contribution in [0.2, 0.25) is 0 Å². The van der Waals surface area contributed by atoms with Gasteiger partial charge in [0.15, 0.2) is 0 Å². The molecule has 0 aromatic rings. The lowest BCUT2D eigenvalue weighted by atomic mass is 9.73. The Morgan fingerprint density at radius 1 is 1.15 bits per heavy atom. The average molecular weight is 292 g/mol. The van der Waals surface area contributed by atoms with Crippen LogP contribution < -0.4 is 5.32 Å². The van der Waals surface area contributed by atoms with Crippen molar-refractivity contribution < 1.29 is 13.2 Å². The molecule has 2 atom stereocenters. The van der Waals surface area contributed by atoms with E-state index in [4.69, 9.17) is 0 Å². The highest BCUT2D eigenvalue weighted by Crippen LogP contribution is 2.35. The van der Waals surface area contributed by atoms with Gasteiger partial charge in [0.1, 0.15) is 0 Å². The van der Waals surface area contributed by atoms with Gasteiger partial charge >= 0.3 is 6.18 Å². The van der Waals surface area contributed by atoms with E-state index in [0.717, 1.165) is 13.1 Å². The molecule has 1 saturated carbocycles. The van der Waals surface area contributed by atoms with E-state index in [9.17, 15) is 13.2 Å². The summed E-state index contributed by atoms with van der Waals surface area (Å²) in [6, 6.07) is 1.01. The van der Waals surface area contributed by atoms with Gasteiger partial charge in [0.05, 0.1) is 0 Å². The van der Waals surface area contributed by atoms with Crippen molar-refractivity contribution in [3.05, 3.63) is 0 Å². The SMILES string of the molecule is CC(C)N1CC2CCCC(C1)C2NCCCC(F)(F)F. The van der Waals surface area contributed by atoms with E-state index in [1.807, 2.05) is 0 Å². The molecule has 2 aliphatic rings. The van der Waals surface area contributed by atoms with Crippen LogP contribution in [0.1, 0.15) is 46.0 Å². The number of fused-ring (bicyclic) bond motifs is 2. The van der Waals surface area contributed by atoms with Crippen molar-refractivity contribution in [2.24, 2.45) is 11.8 Å². The number of alkyl halides is 3. The fourth-order valence-corrected chi connectivity index (χ4v) is 3.79. The zero-order chi connectivity index (χ0) is 14.8. The van der Waals surface area contributed by atoms with Crippen molar-refractivity contribution in [3.63, 3.8) is 0 Å². The van der Waals surface area contributed by atoms with Crippen LogP contribution in [0.3, 0.4) is 0 Å². The molecule has 0 aromatic heterocycles. The van der Waals surface area contributed by atoms with E-state index >= 15 is 0 Å². The summed E-state index contributed by atoms with van der Waals surface area (Å²) in [6.45, 7) is 7.16. The van der Waals surface area contributed by atoms with E-state index < -0.39 is 12.6 Å². The summed E-state index contributed by atoms with van der Waals surface area (Å²) in [5.74, 6) is 1.24. The van der Waals surface area contributed by atoms with Crippen molar-refractivity contribution in [2.75, 3.05) is 19.6 Å². The van der Waals surface area contributed by atoms with Crippen molar-refractivity contribution in [1.29, 1.82) is 0 Å². The normalized spacial score (nSPS) is 31.8. The van der Waals surface area contributed by atoms with Gasteiger partial charge in [-0.25, -0.2) is 0 Å². The standard InChI is InChI=1S/C15H27F3N2/c1-11(2)20-9-12-5-3-6-13(10-20)14(12)19-8-4-7-15(16,17)18/h11-14,19H,3-10H2,1-2H3. The Morgan fingerprint density at radius 3 is 2.25 bits per heavy atom. The molecule has 1 heterocycles. The van der Waals surface area contributed by atoms with E-state index in [-0.39, 0.29) is 6.42 Å². The molecule has 1 saturated heterocycles. The first kappa shape index (κ1) is 16.1. The smallest absolute Gasteiger partial charge is 0.313 e. The maximum absolute atomic E-state index is 12.2. The Hall–Kier alpha value is -0.290. The number of hydrogen-bond donors (Lipinski definition) is 1. The lowest BCUT2D eigenvalue weighted by molar-refractivity contribution is -0.135. The molecule has 0 amide bonds. The molecule has 2 bridgehead atoms. The topological polar surface area (TPSA) is 15.3 Å². The van der Waals surface area contributed by atoms with Crippen LogP contribution in [0.15, 0.2) is 0 Å². The number of piperidine rings is 1. The Balaban J connectivity index is 1.80. The number of nitrogens with one attached hydrogen (secondary N) is 1. The first-order chi connectivity index (χ1) is 9.37. The van der Waals surface area contributed by atoms with Crippen LogP contribution in [-0.4, -0.2) is 42.8 Å². The second kappa shape index (κ2) is 6.65. The van der Waals surface area contributed by atoms with Gasteiger partial charge in [-0.05, 0) is 51.5 Å². The predicted octanol–water partition coefficient (Wildman–Crippen LogP) is 3.43. The van der Waals surface area contributed by atoms with Gasteiger partial charge in [-0.3, -0.25) is 0 Å². The van der Waals surface area contributed by atoms with E-state index in [1.165, 1.54) is 19.3 Å². The third kappa shape index (κ3) is 4.35. The van der Waals surface area contributed by atoms with Gasteiger partial charge in [-0.1, -0.05) is 6.42 Å². The van der Waals surface area contributed by atoms with Crippen molar-refractivity contribution >= 4 is 0 Å². The van der Waals surface area contributed by atoms with Crippen molar-refractivity contribution in [3.8, 4) is 0 Å². The Kier molecular flexibility index (Phi) is 5.35. The maximum Gasteiger partial charge on any atom is 0.389 e. The summed E-state index contributed by atoms with van der Waals surface area (Å²) in [7, 11) is 0. The second-order valence-corrected chi connectivity index (χ2v) is 6.70. The summed E-state index contributed by atoms with van der Waals surface area (Å²) in [5, 5.41) is 3.43. The number of rotatable bonds is 5. The van der Waals surface area contributed by atoms with Gasteiger partial charge < -0.3 is 10.2 Å². The Bertz CT molecular complexity index is 290. The quantitative estimate of drug-likeness (QED) is 0.781. The summed E-state index contributed by atoms with van der Waals surface area (Å²) in [5.41, 5.74) is 0. The zero-order valence-corrected chi connectivity index (χ0v) is 12.5. The first-order valence-electron chi connectivity index (χ1n) is 7.91. The minimum absolute atomic E-state index is 0.202. The molecule has 20 heavy (non-hydrogen) atoms. The van der Waals surface area contributed by atoms with Crippen LogP contribution in [0.5, 0.6) is 0 Å². The van der Waals surface area contributed by atoms with Gasteiger partial charge in [-0.2, -0.15) is 13.2 Å². The molecular formula is C15H27F3N2. The van der Waals surface area contributed by atoms with Crippen LogP contribution >= 0.6 is 0 Å². The molecule has 1 aliphatic heterocycles. The summed E-state index contributed by atoms with van der Waals surface area (Å²) in [4.78, 5) is 2.53. The maximum atomic E-state index is 12.2. The molecular weight excluding hydrogens is 265 g/mol. The highest BCUT2D eigenvalue weighted by atomic mass is 19.4. The van der Waals surface area contributed by atoms with Gasteiger partial charge in [0.2, 0.25) is 0 Å². The molecule has 2 nitrogen and oxygen atoms in total. The highest BCUT2D eigenvalue weighted by molar-refractivity contribution is 4.95. The molecule has 0 spiro atoms. The number of hydrogen-bond acceptors (Lipinski definition) is 2. The zero-order valence-electron chi connectivity index (χ0n) is 12.5. The minimum Gasteiger partial charge on any atom is -0.313 e. The molecule has 2 fully saturated rings. The molecule has 5 heteroatoms. The first-order valence-corrected chi connectivity index (χ1v) is 7.91. The van der Waals surface area contributed by atoms with E-state index in [2.05, 4.69) is 24.1 Å². The largest absolute Gasteiger partial charge is 0.389 e. The summed E-state index contributed by atoms with van der Waals surface area (Å²) < 4.78 is 36.5. The second-order valence-electron chi connectivity index (χ2n) is 6.70. The number of likely N-dealkylation sites (tertiary alicyclic amines) is 1. The molecule has 118 valence electrons. The molecule has 0 radical (unpaired) electrons. The Morgan fingerprint density at radius 2 is 1.75 bits per heavy atom. The van der Waals surface area contributed by atoms with Crippen LogP contribution in [0.4, 0.5) is 13.2 Å². The van der Waals surface area contributed by atoms with Crippen LogP contribution in [0, 0.1) is 11.8 Å². The molecule has 0 aromatic carbocycles. The van der Waals surface area contributed by atoms with E-state index in [0.29, 0.717) is 30.5 Å². The van der Waals surface area contributed by atoms with E-state index in [1.54, 1.807) is 0 Å². The third-order valence-electron chi connectivity index (χ3n) is 4.85. The van der Waals surface area contributed by atoms with Crippen LogP contribution in [0.25, 0.3) is 0 Å². The molecule has 2 rings (SSSR count). The Labute approximate surface area is 120 Å². The lowest BCUT2D eigenvalue weighted by Crippen LogP contribution is -2.58. The molecule has 2 unspecified atom stereocenters. The fourth-order valence-electron chi connectivity index (χ4n) is 3.79. The fraction of sp³-hybridized carbons (Fsp3) is 1.00. The van der Waals surface area contributed by atoms with Gasteiger partial charge in [0.25, 0.3) is 0 Å². The van der Waals surface area contributed by atoms with Crippen molar-refractivity contribution in [2.45, 2.75) is 64.2 Å². The predicted molar refractivity (Wildman–Crippen MR) is 74.6 cm³/mol. The minimum atomic E-state index is -4.02. The average Bonchev–Trinajstić information content (AvgIpc) is 2.32. The third-order valence-corrected chi connectivity index (χ3v) is 4.85. The number of nitrogens with zero attached hydrogens (tertiary/aromatic N) is 1. The lowest BCUT2D eigenvalue weighted by Gasteiger charge is -2.49. The van der Waals surface area contributed by atoms with Gasteiger partial charge in [0, 0.05) is 31.6 Å².